The van der Waals surface area contributed by atoms with Crippen LogP contribution in [0.1, 0.15) is 51.4 Å². The second-order valence-electron chi connectivity index (χ2n) is 10.5. The van der Waals surface area contributed by atoms with Gasteiger partial charge in [-0.25, -0.2) is 14.5 Å². The molecule has 0 saturated carbocycles. The van der Waals surface area contributed by atoms with Gasteiger partial charge in [0.05, 0.1) is 28.0 Å². The van der Waals surface area contributed by atoms with Gasteiger partial charge in [0.15, 0.2) is 5.65 Å². The number of pyridine rings is 1. The van der Waals surface area contributed by atoms with Crippen LogP contribution in [0.2, 0.25) is 0 Å². The number of carbonyl (C=O) groups excluding carboxylic acids is 2. The van der Waals surface area contributed by atoms with Gasteiger partial charge in [0.2, 0.25) is 5.91 Å². The fourth-order valence-electron chi connectivity index (χ4n) is 5.53. The first-order chi connectivity index (χ1) is 20.4. The predicted octanol–water partition coefficient (Wildman–Crippen LogP) is 4.43. The SMILES string of the molecule is CCN(CC)C(=O)[C@@H]1CCN1c1cc(C(=O)NC[C@H](C)N(CC)CC)cc(-c2cnn3ccc(-c4cccs4)nc23)n1. The number of thiophene rings is 1. The summed E-state index contributed by atoms with van der Waals surface area (Å²) in [6, 6.07) is 9.50. The summed E-state index contributed by atoms with van der Waals surface area (Å²) in [4.78, 5) is 44.0. The van der Waals surface area contributed by atoms with Crippen LogP contribution in [-0.4, -0.2) is 92.5 Å². The van der Waals surface area contributed by atoms with Crippen molar-refractivity contribution in [2.75, 3.05) is 44.2 Å². The molecule has 0 aromatic carbocycles. The summed E-state index contributed by atoms with van der Waals surface area (Å²) in [6.45, 7) is 14.7. The van der Waals surface area contributed by atoms with Crippen molar-refractivity contribution in [3.05, 3.63) is 53.7 Å². The van der Waals surface area contributed by atoms with E-state index in [1.165, 1.54) is 0 Å². The molecule has 1 aliphatic heterocycles. The highest BCUT2D eigenvalue weighted by atomic mass is 32.1. The molecule has 4 aromatic rings. The van der Waals surface area contributed by atoms with E-state index < -0.39 is 0 Å². The summed E-state index contributed by atoms with van der Waals surface area (Å²) >= 11 is 1.63. The highest BCUT2D eigenvalue weighted by molar-refractivity contribution is 7.13. The minimum Gasteiger partial charge on any atom is -0.350 e. The average Bonchev–Trinajstić information content (AvgIpc) is 3.67. The standard InChI is InChI=1S/C31H40N8O2S/c1-6-36(7-2)21(5)19-32-30(40)22-17-25(34-28(18-22)38-14-13-26(38)31(41)37(8-3)9-4)23-20-33-39-15-12-24(35-29(23)39)27-11-10-16-42-27/h10-12,15-18,20-21,26H,6-9,13-14,19H2,1-5H3,(H,32,40)/t21-,26-/m0/s1. The zero-order valence-corrected chi connectivity index (χ0v) is 25.9. The predicted molar refractivity (Wildman–Crippen MR) is 168 cm³/mol. The first-order valence-electron chi connectivity index (χ1n) is 14.9. The fourth-order valence-corrected chi connectivity index (χ4v) is 6.22. The molecule has 222 valence electrons. The van der Waals surface area contributed by atoms with Crippen molar-refractivity contribution in [2.45, 2.75) is 53.1 Å². The summed E-state index contributed by atoms with van der Waals surface area (Å²) in [7, 11) is 0. The van der Waals surface area contributed by atoms with Crippen LogP contribution in [0.4, 0.5) is 5.82 Å². The van der Waals surface area contributed by atoms with Gasteiger partial charge in [-0.15, -0.1) is 11.3 Å². The first-order valence-corrected chi connectivity index (χ1v) is 15.7. The third kappa shape index (κ3) is 5.89. The van der Waals surface area contributed by atoms with Crippen molar-refractivity contribution < 1.29 is 9.59 Å². The molecule has 2 atom stereocenters. The number of amides is 2. The number of aromatic nitrogens is 4. The maximum atomic E-state index is 13.6. The topological polar surface area (TPSA) is 99.0 Å². The number of likely N-dealkylation sites (N-methyl/N-ethyl adjacent to an activating group) is 2. The van der Waals surface area contributed by atoms with E-state index in [-0.39, 0.29) is 23.9 Å². The summed E-state index contributed by atoms with van der Waals surface area (Å²) in [5.74, 6) is 0.533. The Balaban J connectivity index is 1.52. The first kappa shape index (κ1) is 29.7. The maximum absolute atomic E-state index is 13.6. The zero-order chi connectivity index (χ0) is 29.8. The Labute approximate surface area is 251 Å². The van der Waals surface area contributed by atoms with Gasteiger partial charge in [0, 0.05) is 44.0 Å². The molecule has 10 nitrogen and oxygen atoms in total. The highest BCUT2D eigenvalue weighted by Gasteiger charge is 2.37. The number of anilines is 1. The molecule has 1 aliphatic rings. The largest absolute Gasteiger partial charge is 0.350 e. The smallest absolute Gasteiger partial charge is 0.251 e. The number of rotatable bonds is 12. The lowest BCUT2D eigenvalue weighted by molar-refractivity contribution is -0.133. The normalized spacial score (nSPS) is 15.6. The van der Waals surface area contributed by atoms with Crippen LogP contribution in [0.3, 0.4) is 0 Å². The lowest BCUT2D eigenvalue weighted by Gasteiger charge is -2.43. The number of nitrogens with one attached hydrogen (secondary N) is 1. The van der Waals surface area contributed by atoms with Crippen LogP contribution in [0.15, 0.2) is 48.1 Å². The molecule has 0 aliphatic carbocycles. The molecule has 5 rings (SSSR count). The molecule has 0 unspecified atom stereocenters. The van der Waals surface area contributed by atoms with E-state index in [9.17, 15) is 9.59 Å². The molecule has 1 N–H and O–H groups in total. The number of hydrogen-bond donors (Lipinski definition) is 1. The van der Waals surface area contributed by atoms with Crippen LogP contribution in [-0.2, 0) is 4.79 Å². The molecule has 0 bridgehead atoms. The highest BCUT2D eigenvalue weighted by Crippen LogP contribution is 2.32. The lowest BCUT2D eigenvalue weighted by Crippen LogP contribution is -2.57. The fraction of sp³-hybridized carbons (Fsp3) is 0.452. The molecule has 0 radical (unpaired) electrons. The van der Waals surface area contributed by atoms with Crippen molar-refractivity contribution in [1.29, 1.82) is 0 Å². The molecule has 0 spiro atoms. The van der Waals surface area contributed by atoms with Gasteiger partial charge in [-0.3, -0.25) is 14.5 Å². The van der Waals surface area contributed by atoms with Crippen LogP contribution >= 0.6 is 11.3 Å². The molecule has 11 heteroatoms. The number of hydrogen-bond acceptors (Lipinski definition) is 8. The van der Waals surface area contributed by atoms with Crippen molar-refractivity contribution >= 4 is 34.6 Å². The summed E-state index contributed by atoms with van der Waals surface area (Å²) in [5, 5.41) is 9.67. The van der Waals surface area contributed by atoms with Crippen LogP contribution in [0, 0.1) is 0 Å². The molecular formula is C31H40N8O2S. The minimum absolute atomic E-state index is 0.0933. The Kier molecular flexibility index (Phi) is 9.18. The molecule has 5 heterocycles. The van der Waals surface area contributed by atoms with E-state index in [2.05, 4.69) is 36.1 Å². The van der Waals surface area contributed by atoms with E-state index in [1.54, 1.807) is 34.2 Å². The van der Waals surface area contributed by atoms with Crippen LogP contribution in [0.5, 0.6) is 0 Å². The Morgan fingerprint density at radius 1 is 1.07 bits per heavy atom. The summed E-state index contributed by atoms with van der Waals surface area (Å²) in [5.41, 5.74) is 3.34. The molecule has 1 saturated heterocycles. The Morgan fingerprint density at radius 3 is 2.50 bits per heavy atom. The van der Waals surface area contributed by atoms with Gasteiger partial charge < -0.3 is 15.1 Å². The Morgan fingerprint density at radius 2 is 1.86 bits per heavy atom. The Bertz CT molecular complexity index is 1530. The summed E-state index contributed by atoms with van der Waals surface area (Å²) in [6.07, 6.45) is 4.39. The van der Waals surface area contributed by atoms with Crippen LogP contribution in [0.25, 0.3) is 27.5 Å². The van der Waals surface area contributed by atoms with Gasteiger partial charge in [-0.05, 0) is 69.9 Å². The van der Waals surface area contributed by atoms with Crippen molar-refractivity contribution in [3.8, 4) is 21.8 Å². The monoisotopic (exact) mass is 588 g/mol. The lowest BCUT2D eigenvalue weighted by atomic mass is 10.0. The number of nitrogens with zero attached hydrogens (tertiary/aromatic N) is 7. The van der Waals surface area contributed by atoms with Crippen LogP contribution < -0.4 is 10.2 Å². The van der Waals surface area contributed by atoms with Crippen molar-refractivity contribution in [1.82, 2.24) is 34.7 Å². The van der Waals surface area contributed by atoms with Gasteiger partial charge in [-0.1, -0.05) is 19.9 Å². The average molecular weight is 589 g/mol. The van der Waals surface area contributed by atoms with E-state index in [1.807, 2.05) is 53.4 Å². The Hall–Kier alpha value is -3.83. The maximum Gasteiger partial charge on any atom is 0.251 e. The third-order valence-corrected chi connectivity index (χ3v) is 9.05. The molecule has 2 amide bonds. The van der Waals surface area contributed by atoms with E-state index >= 15 is 0 Å². The second kappa shape index (κ2) is 13.0. The second-order valence-corrected chi connectivity index (χ2v) is 11.5. The summed E-state index contributed by atoms with van der Waals surface area (Å²) < 4.78 is 1.72. The molecule has 4 aromatic heterocycles. The molecule has 42 heavy (non-hydrogen) atoms. The van der Waals surface area contributed by atoms with Gasteiger partial charge >= 0.3 is 0 Å². The van der Waals surface area contributed by atoms with Crippen molar-refractivity contribution in [2.24, 2.45) is 0 Å². The quantitative estimate of drug-likeness (QED) is 0.262. The zero-order valence-electron chi connectivity index (χ0n) is 25.1. The number of fused-ring (bicyclic) bond motifs is 1. The van der Waals surface area contributed by atoms with Crippen molar-refractivity contribution in [3.63, 3.8) is 0 Å². The number of carbonyl (C=O) groups is 2. The van der Waals surface area contributed by atoms with E-state index in [4.69, 9.17) is 9.97 Å². The van der Waals surface area contributed by atoms with E-state index in [0.717, 1.165) is 35.6 Å². The van der Waals surface area contributed by atoms with Gasteiger partial charge in [0.25, 0.3) is 5.91 Å². The van der Waals surface area contributed by atoms with Gasteiger partial charge in [0.1, 0.15) is 11.9 Å². The molecular weight excluding hydrogens is 548 g/mol. The minimum atomic E-state index is -0.293. The third-order valence-electron chi connectivity index (χ3n) is 8.16. The van der Waals surface area contributed by atoms with Gasteiger partial charge in [-0.2, -0.15) is 5.10 Å². The van der Waals surface area contributed by atoms with E-state index in [0.29, 0.717) is 48.9 Å². The molecule has 1 fully saturated rings.